The van der Waals surface area contributed by atoms with Crippen molar-refractivity contribution in [3.05, 3.63) is 70.7 Å². The Balaban J connectivity index is 1.91. The Hall–Kier alpha value is -2.33. The van der Waals surface area contributed by atoms with Gasteiger partial charge in [-0.15, -0.1) is 0 Å². The van der Waals surface area contributed by atoms with Gasteiger partial charge in [0.1, 0.15) is 11.5 Å². The van der Waals surface area contributed by atoms with Crippen LogP contribution in [-0.2, 0) is 0 Å². The van der Waals surface area contributed by atoms with Crippen molar-refractivity contribution in [2.45, 2.75) is 0 Å². The van der Waals surface area contributed by atoms with Crippen molar-refractivity contribution in [3.8, 4) is 11.5 Å². The molecule has 0 fully saturated rings. The van der Waals surface area contributed by atoms with Crippen LogP contribution in [0.1, 0.15) is 10.4 Å². The third-order valence-electron chi connectivity index (χ3n) is 3.13. The van der Waals surface area contributed by atoms with E-state index in [0.717, 1.165) is 10.8 Å². The first kappa shape index (κ1) is 13.6. The zero-order valence-corrected chi connectivity index (χ0v) is 12.5. The summed E-state index contributed by atoms with van der Waals surface area (Å²) >= 11 is 3.24. The van der Waals surface area contributed by atoms with Gasteiger partial charge in [-0.05, 0) is 57.0 Å². The summed E-state index contributed by atoms with van der Waals surface area (Å²) in [7, 11) is 0. The molecule has 0 saturated carbocycles. The highest BCUT2D eigenvalue weighted by Gasteiger charge is 2.09. The Bertz CT molecular complexity index is 827. The standard InChI is InChI=1S/C17H11BrO3/c18-16-10-14(7-8-15(16)17(19)20)21-13-6-5-11-3-1-2-4-12(11)9-13/h1-10H,(H,19,20). The van der Waals surface area contributed by atoms with Crippen LogP contribution in [0.3, 0.4) is 0 Å². The third-order valence-corrected chi connectivity index (χ3v) is 3.78. The molecule has 0 saturated heterocycles. The van der Waals surface area contributed by atoms with Crippen LogP contribution in [0.15, 0.2) is 65.1 Å². The quantitative estimate of drug-likeness (QED) is 0.720. The number of hydrogen-bond donors (Lipinski definition) is 1. The highest BCUT2D eigenvalue weighted by Crippen LogP contribution is 2.29. The van der Waals surface area contributed by atoms with E-state index >= 15 is 0 Å². The van der Waals surface area contributed by atoms with Crippen molar-refractivity contribution in [1.82, 2.24) is 0 Å². The molecule has 3 aromatic rings. The second kappa shape index (κ2) is 5.58. The molecule has 0 bridgehead atoms. The molecule has 0 aliphatic heterocycles. The molecule has 1 N–H and O–H groups in total. The van der Waals surface area contributed by atoms with Crippen molar-refractivity contribution in [3.63, 3.8) is 0 Å². The number of carbonyl (C=O) groups is 1. The van der Waals surface area contributed by atoms with Gasteiger partial charge in [-0.2, -0.15) is 0 Å². The molecule has 0 aliphatic carbocycles. The van der Waals surface area contributed by atoms with Gasteiger partial charge >= 0.3 is 5.97 Å². The van der Waals surface area contributed by atoms with Crippen molar-refractivity contribution in [1.29, 1.82) is 0 Å². The van der Waals surface area contributed by atoms with Gasteiger partial charge in [-0.25, -0.2) is 4.79 Å². The molecule has 0 atom stereocenters. The fraction of sp³-hybridized carbons (Fsp3) is 0. The zero-order valence-electron chi connectivity index (χ0n) is 10.9. The number of fused-ring (bicyclic) bond motifs is 1. The number of ether oxygens (including phenoxy) is 1. The van der Waals surface area contributed by atoms with E-state index in [-0.39, 0.29) is 5.56 Å². The van der Waals surface area contributed by atoms with Crippen molar-refractivity contribution < 1.29 is 14.6 Å². The number of aromatic carboxylic acids is 1. The number of halogens is 1. The van der Waals surface area contributed by atoms with Gasteiger partial charge in [0.2, 0.25) is 0 Å². The highest BCUT2D eigenvalue weighted by atomic mass is 79.9. The second-order valence-corrected chi connectivity index (χ2v) is 5.41. The van der Waals surface area contributed by atoms with Crippen molar-refractivity contribution in [2.24, 2.45) is 0 Å². The van der Waals surface area contributed by atoms with E-state index in [0.29, 0.717) is 16.0 Å². The molecule has 104 valence electrons. The fourth-order valence-electron chi connectivity index (χ4n) is 2.10. The van der Waals surface area contributed by atoms with E-state index in [4.69, 9.17) is 9.84 Å². The van der Waals surface area contributed by atoms with Crippen LogP contribution in [0, 0.1) is 0 Å². The monoisotopic (exact) mass is 342 g/mol. The van der Waals surface area contributed by atoms with Gasteiger partial charge < -0.3 is 9.84 Å². The fourth-order valence-corrected chi connectivity index (χ4v) is 2.63. The van der Waals surface area contributed by atoms with Crippen molar-refractivity contribution >= 4 is 32.7 Å². The summed E-state index contributed by atoms with van der Waals surface area (Å²) in [5, 5.41) is 11.2. The van der Waals surface area contributed by atoms with Crippen LogP contribution in [0.4, 0.5) is 0 Å². The minimum Gasteiger partial charge on any atom is -0.478 e. The molecular formula is C17H11BrO3. The molecule has 0 aliphatic rings. The Morgan fingerprint density at radius 1 is 0.905 bits per heavy atom. The Kier molecular flexibility index (Phi) is 3.62. The average Bonchev–Trinajstić information content (AvgIpc) is 2.47. The molecule has 3 aromatic carbocycles. The van der Waals surface area contributed by atoms with Crippen LogP contribution >= 0.6 is 15.9 Å². The van der Waals surface area contributed by atoms with Crippen LogP contribution in [0.25, 0.3) is 10.8 Å². The van der Waals surface area contributed by atoms with Gasteiger partial charge in [0.25, 0.3) is 0 Å². The SMILES string of the molecule is O=C(O)c1ccc(Oc2ccc3ccccc3c2)cc1Br. The first-order valence-electron chi connectivity index (χ1n) is 6.33. The van der Waals surface area contributed by atoms with E-state index < -0.39 is 5.97 Å². The predicted molar refractivity (Wildman–Crippen MR) is 85.1 cm³/mol. The minimum absolute atomic E-state index is 0.209. The largest absolute Gasteiger partial charge is 0.478 e. The zero-order chi connectivity index (χ0) is 14.8. The molecular weight excluding hydrogens is 332 g/mol. The topological polar surface area (TPSA) is 46.5 Å². The third kappa shape index (κ3) is 2.90. The Morgan fingerprint density at radius 3 is 2.29 bits per heavy atom. The van der Waals surface area contributed by atoms with Crippen LogP contribution in [-0.4, -0.2) is 11.1 Å². The molecule has 0 heterocycles. The van der Waals surface area contributed by atoms with Crippen LogP contribution < -0.4 is 4.74 Å². The summed E-state index contributed by atoms with van der Waals surface area (Å²) < 4.78 is 6.27. The lowest BCUT2D eigenvalue weighted by Crippen LogP contribution is -1.97. The van der Waals surface area contributed by atoms with E-state index in [1.165, 1.54) is 6.07 Å². The smallest absolute Gasteiger partial charge is 0.336 e. The predicted octanol–water partition coefficient (Wildman–Crippen LogP) is 5.09. The minimum atomic E-state index is -0.973. The maximum Gasteiger partial charge on any atom is 0.336 e. The number of hydrogen-bond acceptors (Lipinski definition) is 2. The summed E-state index contributed by atoms with van der Waals surface area (Å²) in [6, 6.07) is 18.7. The van der Waals surface area contributed by atoms with E-state index in [2.05, 4.69) is 15.9 Å². The molecule has 3 nitrogen and oxygen atoms in total. The Morgan fingerprint density at radius 2 is 1.57 bits per heavy atom. The molecule has 21 heavy (non-hydrogen) atoms. The molecule has 3 rings (SSSR count). The van der Waals surface area contributed by atoms with Gasteiger partial charge in [0.05, 0.1) is 5.56 Å². The van der Waals surface area contributed by atoms with Gasteiger partial charge in [0, 0.05) is 4.47 Å². The molecule has 0 aromatic heterocycles. The lowest BCUT2D eigenvalue weighted by Gasteiger charge is -2.08. The molecule has 0 amide bonds. The summed E-state index contributed by atoms with van der Waals surface area (Å²) in [6.45, 7) is 0. The lowest BCUT2D eigenvalue weighted by molar-refractivity contribution is 0.0696. The highest BCUT2D eigenvalue weighted by molar-refractivity contribution is 9.10. The molecule has 4 heteroatoms. The van der Waals surface area contributed by atoms with Gasteiger partial charge in [-0.1, -0.05) is 30.3 Å². The molecule has 0 unspecified atom stereocenters. The normalized spacial score (nSPS) is 10.5. The van der Waals surface area contributed by atoms with Crippen LogP contribution in [0.5, 0.6) is 11.5 Å². The van der Waals surface area contributed by atoms with Crippen LogP contribution in [0.2, 0.25) is 0 Å². The summed E-state index contributed by atoms with van der Waals surface area (Å²) in [5.74, 6) is 0.324. The number of carboxylic acids is 1. The lowest BCUT2D eigenvalue weighted by atomic mass is 10.1. The number of carboxylic acid groups (broad SMARTS) is 1. The average molecular weight is 343 g/mol. The first-order valence-corrected chi connectivity index (χ1v) is 7.12. The summed E-state index contributed by atoms with van der Waals surface area (Å²) in [6.07, 6.45) is 0. The first-order chi connectivity index (χ1) is 10.1. The van der Waals surface area contributed by atoms with Gasteiger partial charge in [-0.3, -0.25) is 0 Å². The second-order valence-electron chi connectivity index (χ2n) is 4.56. The number of rotatable bonds is 3. The number of benzene rings is 3. The van der Waals surface area contributed by atoms with E-state index in [1.54, 1.807) is 12.1 Å². The van der Waals surface area contributed by atoms with E-state index in [1.807, 2.05) is 42.5 Å². The summed E-state index contributed by atoms with van der Waals surface area (Å²) in [5.41, 5.74) is 0.209. The van der Waals surface area contributed by atoms with Crippen molar-refractivity contribution in [2.75, 3.05) is 0 Å². The Labute approximate surface area is 129 Å². The maximum absolute atomic E-state index is 11.0. The molecule has 0 spiro atoms. The van der Waals surface area contributed by atoms with E-state index in [9.17, 15) is 4.79 Å². The van der Waals surface area contributed by atoms with Gasteiger partial charge in [0.15, 0.2) is 0 Å². The maximum atomic E-state index is 11.0. The molecule has 0 radical (unpaired) electrons. The summed E-state index contributed by atoms with van der Waals surface area (Å²) in [4.78, 5) is 11.0.